The van der Waals surface area contributed by atoms with E-state index in [2.05, 4.69) is 29.9 Å². The van der Waals surface area contributed by atoms with Gasteiger partial charge in [-0.1, -0.05) is 6.92 Å². The minimum Gasteiger partial charge on any atom is -0.350 e. The van der Waals surface area contributed by atoms with Gasteiger partial charge in [-0.2, -0.15) is 12.6 Å². The van der Waals surface area contributed by atoms with E-state index in [4.69, 9.17) is 0 Å². The number of thiol groups is 1. The molecule has 1 heterocycles. The molecule has 0 spiro atoms. The van der Waals surface area contributed by atoms with E-state index in [1.54, 1.807) is 11.3 Å². The number of carbonyl (C=O) groups is 1. The molecule has 1 aromatic rings. The van der Waals surface area contributed by atoms with Gasteiger partial charge in [0.25, 0.3) is 0 Å². The molecule has 5 heteroatoms. The van der Waals surface area contributed by atoms with Crippen molar-refractivity contribution in [3.63, 3.8) is 0 Å². The summed E-state index contributed by atoms with van der Waals surface area (Å²) in [6.45, 7) is 2.63. The monoisotopic (exact) mass is 230 g/mol. The highest BCUT2D eigenvalue weighted by Crippen LogP contribution is 2.12. The second kappa shape index (κ2) is 6.03. The topological polar surface area (TPSA) is 42.0 Å². The molecule has 0 aliphatic rings. The number of hydrogen-bond acceptors (Lipinski definition) is 4. The lowest BCUT2D eigenvalue weighted by Gasteiger charge is -1.99. The number of amides is 1. The Morgan fingerprint density at radius 3 is 3.07 bits per heavy atom. The maximum absolute atomic E-state index is 11.1. The van der Waals surface area contributed by atoms with Crippen molar-refractivity contribution in [1.29, 1.82) is 0 Å². The predicted molar refractivity (Wildman–Crippen MR) is 61.8 cm³/mol. The molecule has 1 N–H and O–H groups in total. The van der Waals surface area contributed by atoms with E-state index in [-0.39, 0.29) is 5.91 Å². The van der Waals surface area contributed by atoms with Gasteiger partial charge in [0.1, 0.15) is 5.01 Å². The molecule has 0 saturated heterocycles. The minimum absolute atomic E-state index is 0.0354. The first-order chi connectivity index (χ1) is 6.76. The van der Waals surface area contributed by atoms with Gasteiger partial charge in [0.15, 0.2) is 0 Å². The second-order valence-corrected chi connectivity index (χ2v) is 4.47. The summed E-state index contributed by atoms with van der Waals surface area (Å²) >= 11 is 5.63. The summed E-state index contributed by atoms with van der Waals surface area (Å²) in [7, 11) is 0. The molecule has 78 valence electrons. The Balaban J connectivity index is 2.34. The van der Waals surface area contributed by atoms with E-state index in [0.717, 1.165) is 11.4 Å². The van der Waals surface area contributed by atoms with Crippen LogP contribution in [0.25, 0.3) is 0 Å². The Morgan fingerprint density at radius 1 is 1.71 bits per heavy atom. The van der Waals surface area contributed by atoms with Crippen LogP contribution in [-0.2, 0) is 17.8 Å². The number of carbonyl (C=O) groups excluding carboxylic acids is 1. The summed E-state index contributed by atoms with van der Waals surface area (Å²) in [5, 5.41) is 3.76. The van der Waals surface area contributed by atoms with Crippen molar-refractivity contribution < 1.29 is 4.79 Å². The fourth-order valence-corrected chi connectivity index (χ4v) is 1.96. The highest BCUT2D eigenvalue weighted by atomic mass is 32.1. The zero-order chi connectivity index (χ0) is 10.4. The first-order valence-electron chi connectivity index (χ1n) is 4.57. The fraction of sp³-hybridized carbons (Fsp3) is 0.556. The van der Waals surface area contributed by atoms with Crippen LogP contribution >= 0.6 is 24.0 Å². The average molecular weight is 230 g/mol. The van der Waals surface area contributed by atoms with Gasteiger partial charge in [0.2, 0.25) is 5.91 Å². The lowest BCUT2D eigenvalue weighted by Crippen LogP contribution is -2.22. The normalized spacial score (nSPS) is 10.1. The fourth-order valence-electron chi connectivity index (χ4n) is 0.957. The number of nitrogens with zero attached hydrogens (tertiary/aromatic N) is 1. The van der Waals surface area contributed by atoms with Gasteiger partial charge in [0.05, 0.1) is 6.54 Å². The molecule has 14 heavy (non-hydrogen) atoms. The standard InChI is InChI=1S/C9H14N2OS2/c1-2-7-5-11-9(14-7)6-10-8(12)3-4-13/h5,13H,2-4,6H2,1H3,(H,10,12). The molecule has 0 radical (unpaired) electrons. The molecule has 0 fully saturated rings. The van der Waals surface area contributed by atoms with E-state index in [0.29, 0.717) is 18.7 Å². The number of rotatable bonds is 5. The van der Waals surface area contributed by atoms with Crippen molar-refractivity contribution in [3.8, 4) is 0 Å². The molecular weight excluding hydrogens is 216 g/mol. The van der Waals surface area contributed by atoms with Gasteiger partial charge in [-0.3, -0.25) is 4.79 Å². The van der Waals surface area contributed by atoms with E-state index in [1.807, 2.05) is 6.20 Å². The van der Waals surface area contributed by atoms with E-state index in [9.17, 15) is 4.79 Å². The van der Waals surface area contributed by atoms with Crippen LogP contribution in [0.15, 0.2) is 6.20 Å². The van der Waals surface area contributed by atoms with E-state index in [1.165, 1.54) is 4.88 Å². The largest absolute Gasteiger partial charge is 0.350 e. The molecule has 0 unspecified atom stereocenters. The highest BCUT2D eigenvalue weighted by Gasteiger charge is 2.02. The summed E-state index contributed by atoms with van der Waals surface area (Å²) in [4.78, 5) is 16.6. The maximum atomic E-state index is 11.1. The molecule has 0 saturated carbocycles. The molecule has 3 nitrogen and oxygen atoms in total. The number of thiazole rings is 1. The summed E-state index contributed by atoms with van der Waals surface area (Å²) in [5.74, 6) is 0.623. The smallest absolute Gasteiger partial charge is 0.221 e. The molecule has 1 rings (SSSR count). The molecule has 0 atom stereocenters. The van der Waals surface area contributed by atoms with Gasteiger partial charge in [-0.15, -0.1) is 11.3 Å². The van der Waals surface area contributed by atoms with Crippen LogP contribution in [0.4, 0.5) is 0 Å². The number of aryl methyl sites for hydroxylation is 1. The first kappa shape index (κ1) is 11.5. The van der Waals surface area contributed by atoms with Crippen molar-refractivity contribution in [1.82, 2.24) is 10.3 Å². The zero-order valence-corrected chi connectivity index (χ0v) is 9.83. The summed E-state index contributed by atoms with van der Waals surface area (Å²) in [5.41, 5.74) is 0. The third-order valence-corrected chi connectivity index (χ3v) is 3.09. The molecule has 0 aliphatic carbocycles. The lowest BCUT2D eigenvalue weighted by molar-refractivity contribution is -0.120. The molecule has 1 aromatic heterocycles. The first-order valence-corrected chi connectivity index (χ1v) is 6.02. The Morgan fingerprint density at radius 2 is 2.50 bits per heavy atom. The van der Waals surface area contributed by atoms with Crippen molar-refractivity contribution >= 4 is 29.9 Å². The maximum Gasteiger partial charge on any atom is 0.221 e. The molecule has 1 amide bonds. The third kappa shape index (κ3) is 3.67. The summed E-state index contributed by atoms with van der Waals surface area (Å²) < 4.78 is 0. The Labute approximate surface area is 93.3 Å². The van der Waals surface area contributed by atoms with Crippen LogP contribution in [0.1, 0.15) is 23.2 Å². The van der Waals surface area contributed by atoms with Crippen molar-refractivity contribution in [2.75, 3.05) is 5.75 Å². The van der Waals surface area contributed by atoms with Crippen molar-refractivity contribution in [2.24, 2.45) is 0 Å². The van der Waals surface area contributed by atoms with Gasteiger partial charge >= 0.3 is 0 Å². The number of nitrogens with one attached hydrogen (secondary N) is 1. The van der Waals surface area contributed by atoms with E-state index >= 15 is 0 Å². The van der Waals surface area contributed by atoms with E-state index < -0.39 is 0 Å². The summed E-state index contributed by atoms with van der Waals surface area (Å²) in [6, 6.07) is 0. The Bertz CT molecular complexity index is 299. The van der Waals surface area contributed by atoms with Crippen LogP contribution in [-0.4, -0.2) is 16.6 Å². The Hall–Kier alpha value is -0.550. The second-order valence-electron chi connectivity index (χ2n) is 2.82. The SMILES string of the molecule is CCc1cnc(CNC(=O)CCS)s1. The quantitative estimate of drug-likeness (QED) is 0.755. The molecular formula is C9H14N2OS2. The van der Waals surface area contributed by atoms with Crippen molar-refractivity contribution in [3.05, 3.63) is 16.1 Å². The minimum atomic E-state index is 0.0354. The Kier molecular flexibility index (Phi) is 4.97. The van der Waals surface area contributed by atoms with Crippen LogP contribution in [0.5, 0.6) is 0 Å². The third-order valence-electron chi connectivity index (χ3n) is 1.73. The van der Waals surface area contributed by atoms with Crippen LogP contribution < -0.4 is 5.32 Å². The molecule has 0 aromatic carbocycles. The van der Waals surface area contributed by atoms with Crippen LogP contribution in [0.3, 0.4) is 0 Å². The number of hydrogen-bond donors (Lipinski definition) is 2. The number of aromatic nitrogens is 1. The zero-order valence-electron chi connectivity index (χ0n) is 8.12. The highest BCUT2D eigenvalue weighted by molar-refractivity contribution is 7.80. The van der Waals surface area contributed by atoms with Crippen LogP contribution in [0, 0.1) is 0 Å². The average Bonchev–Trinajstić information content (AvgIpc) is 2.63. The summed E-state index contributed by atoms with van der Waals surface area (Å²) in [6.07, 6.45) is 3.34. The van der Waals surface area contributed by atoms with Crippen LogP contribution in [0.2, 0.25) is 0 Å². The van der Waals surface area contributed by atoms with Gasteiger partial charge in [0, 0.05) is 17.5 Å². The van der Waals surface area contributed by atoms with Gasteiger partial charge < -0.3 is 5.32 Å². The predicted octanol–water partition coefficient (Wildman–Crippen LogP) is 1.64. The molecule has 0 aliphatic heterocycles. The van der Waals surface area contributed by atoms with Crippen molar-refractivity contribution in [2.45, 2.75) is 26.3 Å². The molecule has 0 bridgehead atoms. The lowest BCUT2D eigenvalue weighted by atomic mass is 10.4. The van der Waals surface area contributed by atoms with Gasteiger partial charge in [-0.05, 0) is 12.2 Å². The van der Waals surface area contributed by atoms with Gasteiger partial charge in [-0.25, -0.2) is 4.98 Å².